The molecule has 6 nitrogen and oxygen atoms in total. The van der Waals surface area contributed by atoms with E-state index in [2.05, 4.69) is 11.0 Å². The number of carbonyl (C=O) groups excluding carboxylic acids is 1. The van der Waals surface area contributed by atoms with Crippen molar-refractivity contribution in [1.82, 2.24) is 14.9 Å². The Morgan fingerprint density at radius 3 is 2.55 bits per heavy atom. The molecule has 33 heavy (non-hydrogen) atoms. The van der Waals surface area contributed by atoms with Gasteiger partial charge in [0, 0.05) is 31.1 Å². The minimum atomic E-state index is -0.0457. The van der Waals surface area contributed by atoms with Gasteiger partial charge in [-0.2, -0.15) is 5.26 Å². The summed E-state index contributed by atoms with van der Waals surface area (Å²) in [6.07, 6.45) is 0.852. The molecule has 2 aromatic carbocycles. The Kier molecular flexibility index (Phi) is 6.73. The molecule has 1 aliphatic heterocycles. The second-order valence-corrected chi connectivity index (χ2v) is 9.33. The first-order valence-corrected chi connectivity index (χ1v) is 11.8. The van der Waals surface area contributed by atoms with Crippen molar-refractivity contribution in [2.75, 3.05) is 24.5 Å². The summed E-state index contributed by atoms with van der Waals surface area (Å²) in [6.45, 7) is 7.97. The van der Waals surface area contributed by atoms with Crippen LogP contribution in [0.3, 0.4) is 0 Å². The van der Waals surface area contributed by atoms with Gasteiger partial charge < -0.3 is 9.80 Å². The van der Waals surface area contributed by atoms with Gasteiger partial charge >= 0.3 is 0 Å². The Balaban J connectivity index is 1.79. The van der Waals surface area contributed by atoms with Crippen LogP contribution < -0.4 is 4.90 Å². The van der Waals surface area contributed by atoms with Gasteiger partial charge in [0.1, 0.15) is 5.69 Å². The molecule has 2 heterocycles. The average molecular weight is 482 g/mol. The third kappa shape index (κ3) is 4.62. The number of amides is 1. The summed E-state index contributed by atoms with van der Waals surface area (Å²) in [6, 6.07) is 13.1. The number of likely N-dealkylation sites (N-methyl/N-ethyl adjacent to an activating group) is 1. The zero-order valence-electron chi connectivity index (χ0n) is 18.8. The predicted octanol–water partition coefficient (Wildman–Crippen LogP) is 5.56. The van der Waals surface area contributed by atoms with Gasteiger partial charge in [-0.05, 0) is 37.6 Å². The first-order chi connectivity index (χ1) is 15.8. The van der Waals surface area contributed by atoms with E-state index >= 15 is 0 Å². The largest absolute Gasteiger partial charge is 0.353 e. The number of halogens is 2. The van der Waals surface area contributed by atoms with Crippen molar-refractivity contribution in [3.8, 4) is 17.3 Å². The van der Waals surface area contributed by atoms with Crippen LogP contribution in [0, 0.1) is 17.2 Å². The maximum atomic E-state index is 12.7. The fourth-order valence-electron chi connectivity index (χ4n) is 4.31. The van der Waals surface area contributed by atoms with Crippen molar-refractivity contribution in [2.24, 2.45) is 5.92 Å². The number of fused-ring (bicyclic) bond motifs is 1. The number of hydrogen-bond donors (Lipinski definition) is 0. The molecule has 3 aromatic rings. The van der Waals surface area contributed by atoms with Crippen LogP contribution in [-0.4, -0.2) is 46.5 Å². The molecule has 0 saturated carbocycles. The monoisotopic (exact) mass is 481 g/mol. The summed E-state index contributed by atoms with van der Waals surface area (Å²) < 4.78 is 0. The summed E-state index contributed by atoms with van der Waals surface area (Å²) in [5.41, 5.74) is 3.31. The van der Waals surface area contributed by atoms with Crippen LogP contribution >= 0.6 is 23.2 Å². The van der Waals surface area contributed by atoms with E-state index in [1.54, 1.807) is 18.2 Å². The fraction of sp³-hybridized carbons (Fsp3) is 0.360. The SMILES string of the molecule is CCN(C(=O)C(C)C)[C@H]1CCN(c2nc3cc(Cl)c(Cl)cc3nc2-c2cccc(C#N)c2)C1. The number of aromatic nitrogens is 2. The Labute approximate surface area is 203 Å². The standard InChI is InChI=1S/C25H25Cl2N5O/c1-4-32(25(33)15(2)3)18-8-9-31(14-18)24-23(17-7-5-6-16(10-17)13-28)29-21-11-19(26)20(27)12-22(21)30-24/h5-7,10-12,15,18H,4,8-9,14H2,1-3H3/t18-/m0/s1. The molecule has 0 N–H and O–H groups in total. The lowest BCUT2D eigenvalue weighted by molar-refractivity contribution is -0.136. The minimum Gasteiger partial charge on any atom is -0.353 e. The smallest absolute Gasteiger partial charge is 0.225 e. The van der Waals surface area contributed by atoms with Crippen molar-refractivity contribution in [3.63, 3.8) is 0 Å². The van der Waals surface area contributed by atoms with Crippen LogP contribution in [0.1, 0.15) is 32.8 Å². The first kappa shape index (κ1) is 23.3. The van der Waals surface area contributed by atoms with Crippen molar-refractivity contribution < 1.29 is 4.79 Å². The molecule has 8 heteroatoms. The molecule has 0 unspecified atom stereocenters. The summed E-state index contributed by atoms with van der Waals surface area (Å²) >= 11 is 12.5. The molecule has 1 fully saturated rings. The van der Waals surface area contributed by atoms with Crippen LogP contribution in [0.2, 0.25) is 10.0 Å². The van der Waals surface area contributed by atoms with Crippen molar-refractivity contribution in [1.29, 1.82) is 5.26 Å². The van der Waals surface area contributed by atoms with E-state index in [-0.39, 0.29) is 17.9 Å². The number of nitrogens with zero attached hydrogens (tertiary/aromatic N) is 5. The van der Waals surface area contributed by atoms with E-state index in [9.17, 15) is 10.1 Å². The zero-order valence-corrected chi connectivity index (χ0v) is 20.4. The second-order valence-electron chi connectivity index (χ2n) is 8.51. The minimum absolute atomic E-state index is 0.0457. The van der Waals surface area contributed by atoms with E-state index in [1.807, 2.05) is 43.9 Å². The van der Waals surface area contributed by atoms with Gasteiger partial charge in [0.05, 0.1) is 38.8 Å². The maximum Gasteiger partial charge on any atom is 0.225 e. The zero-order chi connectivity index (χ0) is 23.7. The first-order valence-electron chi connectivity index (χ1n) is 11.0. The summed E-state index contributed by atoms with van der Waals surface area (Å²) in [5, 5.41) is 10.2. The van der Waals surface area contributed by atoms with Crippen molar-refractivity contribution >= 4 is 46.0 Å². The summed E-state index contributed by atoms with van der Waals surface area (Å²) in [7, 11) is 0. The van der Waals surface area contributed by atoms with Gasteiger partial charge in [0.25, 0.3) is 0 Å². The van der Waals surface area contributed by atoms with Crippen LogP contribution in [-0.2, 0) is 4.79 Å². The summed E-state index contributed by atoms with van der Waals surface area (Å²) in [5.74, 6) is 0.833. The van der Waals surface area contributed by atoms with Gasteiger partial charge in [-0.15, -0.1) is 0 Å². The van der Waals surface area contributed by atoms with Crippen LogP contribution in [0.4, 0.5) is 5.82 Å². The Morgan fingerprint density at radius 2 is 1.91 bits per heavy atom. The quantitative estimate of drug-likeness (QED) is 0.476. The number of carbonyl (C=O) groups is 1. The molecule has 0 radical (unpaired) electrons. The van der Waals surface area contributed by atoms with E-state index in [0.29, 0.717) is 51.2 Å². The second kappa shape index (κ2) is 9.54. The normalized spacial score (nSPS) is 15.8. The summed E-state index contributed by atoms with van der Waals surface area (Å²) in [4.78, 5) is 26.7. The number of anilines is 1. The molecule has 1 atom stereocenters. The Morgan fingerprint density at radius 1 is 1.21 bits per heavy atom. The van der Waals surface area contributed by atoms with Gasteiger partial charge in [-0.1, -0.05) is 49.2 Å². The lowest BCUT2D eigenvalue weighted by atomic mass is 10.1. The predicted molar refractivity (Wildman–Crippen MR) is 133 cm³/mol. The molecule has 0 aliphatic carbocycles. The Hall–Kier alpha value is -2.88. The number of hydrogen-bond acceptors (Lipinski definition) is 5. The van der Waals surface area contributed by atoms with Crippen LogP contribution in [0.25, 0.3) is 22.3 Å². The molecule has 1 saturated heterocycles. The number of benzene rings is 2. The highest BCUT2D eigenvalue weighted by atomic mass is 35.5. The highest BCUT2D eigenvalue weighted by Gasteiger charge is 2.33. The Bertz CT molecular complexity index is 1250. The van der Waals surface area contributed by atoms with Gasteiger partial charge in [-0.3, -0.25) is 4.79 Å². The van der Waals surface area contributed by atoms with Crippen LogP contribution in [0.15, 0.2) is 36.4 Å². The molecule has 4 rings (SSSR count). The van der Waals surface area contributed by atoms with Gasteiger partial charge in [-0.25, -0.2) is 9.97 Å². The van der Waals surface area contributed by atoms with E-state index in [0.717, 1.165) is 18.5 Å². The lowest BCUT2D eigenvalue weighted by Crippen LogP contribution is -2.43. The molecule has 0 spiro atoms. The highest BCUT2D eigenvalue weighted by Crippen LogP contribution is 2.35. The highest BCUT2D eigenvalue weighted by molar-refractivity contribution is 6.42. The molecular formula is C25H25Cl2N5O. The molecule has 1 aliphatic rings. The van der Waals surface area contributed by atoms with Crippen molar-refractivity contribution in [2.45, 2.75) is 33.2 Å². The lowest BCUT2D eigenvalue weighted by Gasteiger charge is -2.30. The molecular weight excluding hydrogens is 457 g/mol. The molecule has 0 bridgehead atoms. The molecule has 1 amide bonds. The van der Waals surface area contributed by atoms with Crippen molar-refractivity contribution in [3.05, 3.63) is 52.0 Å². The third-order valence-corrected chi connectivity index (χ3v) is 6.70. The fourth-order valence-corrected chi connectivity index (χ4v) is 4.62. The van der Waals surface area contributed by atoms with E-state index < -0.39 is 0 Å². The van der Waals surface area contributed by atoms with Gasteiger partial charge in [0.2, 0.25) is 5.91 Å². The molecule has 1 aromatic heterocycles. The third-order valence-electron chi connectivity index (χ3n) is 5.97. The average Bonchev–Trinajstić information content (AvgIpc) is 3.29. The van der Waals surface area contributed by atoms with E-state index in [1.165, 1.54) is 0 Å². The van der Waals surface area contributed by atoms with E-state index in [4.69, 9.17) is 33.2 Å². The van der Waals surface area contributed by atoms with Gasteiger partial charge in [0.15, 0.2) is 5.82 Å². The maximum absolute atomic E-state index is 12.7. The van der Waals surface area contributed by atoms with Crippen LogP contribution in [0.5, 0.6) is 0 Å². The number of nitriles is 1. The molecule has 170 valence electrons. The number of rotatable bonds is 5. The topological polar surface area (TPSA) is 73.1 Å².